The van der Waals surface area contributed by atoms with Crippen LogP contribution in [0.5, 0.6) is 0 Å². The first-order valence-corrected chi connectivity index (χ1v) is 13.4. The predicted octanol–water partition coefficient (Wildman–Crippen LogP) is 7.80. The maximum Gasteiger partial charge on any atom is 0.306 e. The molecule has 4 nitrogen and oxygen atoms in total. The van der Waals surface area contributed by atoms with Gasteiger partial charge in [-0.05, 0) is 57.8 Å². The first kappa shape index (κ1) is 32.1. The summed E-state index contributed by atoms with van der Waals surface area (Å²) in [6.45, 7) is 4.91. The maximum absolute atomic E-state index is 11.6. The van der Waals surface area contributed by atoms with E-state index in [2.05, 4.69) is 67.7 Å². The number of unbranched alkanes of at least 4 members (excludes halogenated alkanes) is 5. The summed E-state index contributed by atoms with van der Waals surface area (Å²) in [7, 11) is 0. The molecule has 34 heavy (non-hydrogen) atoms. The van der Waals surface area contributed by atoms with E-state index in [1.807, 2.05) is 6.92 Å². The predicted molar refractivity (Wildman–Crippen MR) is 145 cm³/mol. The van der Waals surface area contributed by atoms with Crippen molar-refractivity contribution in [1.82, 2.24) is 0 Å². The highest BCUT2D eigenvalue weighted by Gasteiger charge is 2.13. The van der Waals surface area contributed by atoms with E-state index in [0.717, 1.165) is 64.2 Å². The molecule has 0 amide bonds. The molecule has 0 rings (SSSR count). The highest BCUT2D eigenvalue weighted by molar-refractivity contribution is 5.69. The van der Waals surface area contributed by atoms with Gasteiger partial charge in [0, 0.05) is 13.0 Å². The molecule has 1 N–H and O–H groups in total. The van der Waals surface area contributed by atoms with Crippen molar-refractivity contribution in [2.24, 2.45) is 0 Å². The minimum absolute atomic E-state index is 0.189. The largest absolute Gasteiger partial charge is 0.457 e. The van der Waals surface area contributed by atoms with Crippen LogP contribution in [0, 0.1) is 0 Å². The fourth-order valence-electron chi connectivity index (χ4n) is 3.09. The van der Waals surface area contributed by atoms with Gasteiger partial charge < -0.3 is 14.6 Å². The van der Waals surface area contributed by atoms with Crippen LogP contribution in [-0.4, -0.2) is 37.0 Å². The summed E-state index contributed by atoms with van der Waals surface area (Å²) in [5.41, 5.74) is 0. The molecule has 0 aromatic carbocycles. The van der Waals surface area contributed by atoms with E-state index in [1.54, 1.807) is 0 Å². The monoisotopic (exact) mass is 474 g/mol. The van der Waals surface area contributed by atoms with Crippen molar-refractivity contribution < 1.29 is 19.4 Å². The Bertz CT molecular complexity index is 587. The highest BCUT2D eigenvalue weighted by Crippen LogP contribution is 2.06. The van der Waals surface area contributed by atoms with E-state index in [-0.39, 0.29) is 19.2 Å². The molecule has 0 aromatic heterocycles. The van der Waals surface area contributed by atoms with Gasteiger partial charge in [0.1, 0.15) is 6.10 Å². The van der Waals surface area contributed by atoms with Gasteiger partial charge in [-0.3, -0.25) is 4.79 Å². The van der Waals surface area contributed by atoms with E-state index in [4.69, 9.17) is 9.47 Å². The molecule has 4 heteroatoms. The van der Waals surface area contributed by atoms with Gasteiger partial charge in [0.05, 0.1) is 13.2 Å². The lowest BCUT2D eigenvalue weighted by Crippen LogP contribution is -2.27. The molecule has 0 aliphatic heterocycles. The van der Waals surface area contributed by atoms with Crippen molar-refractivity contribution in [2.45, 2.75) is 103 Å². The van der Waals surface area contributed by atoms with E-state index < -0.39 is 6.10 Å². The van der Waals surface area contributed by atoms with Crippen LogP contribution in [0.15, 0.2) is 60.8 Å². The molecule has 0 saturated heterocycles. The zero-order valence-electron chi connectivity index (χ0n) is 21.8. The smallest absolute Gasteiger partial charge is 0.306 e. The van der Waals surface area contributed by atoms with E-state index in [0.29, 0.717) is 13.0 Å². The van der Waals surface area contributed by atoms with Crippen molar-refractivity contribution in [3.63, 3.8) is 0 Å². The molecular formula is C30H50O4. The molecule has 0 aliphatic carbocycles. The lowest BCUT2D eigenvalue weighted by molar-refractivity contribution is -0.154. The lowest BCUT2D eigenvalue weighted by Gasteiger charge is -2.15. The molecule has 0 fully saturated rings. The van der Waals surface area contributed by atoms with Gasteiger partial charge in [-0.25, -0.2) is 0 Å². The quantitative estimate of drug-likeness (QED) is 0.0932. The summed E-state index contributed by atoms with van der Waals surface area (Å²) in [5.74, 6) is -0.250. The molecule has 0 aliphatic rings. The molecule has 0 radical (unpaired) electrons. The number of aliphatic hydroxyl groups is 1. The molecule has 0 bridgehead atoms. The molecule has 0 aromatic rings. The standard InChI is InChI=1S/C30H50O4/c1-3-5-7-8-9-10-11-12-13-14-15-16-17-18-19-20-21-22-23-24-26-33-28-29(27-31)34-30(32)25-6-4-2/h5,7,9-10,12-13,15-16,18-19,29,31H,3-4,6,8,11,14,17,20-28H2,1-2H3/b7-5-,10-9-,13-12-,16-15-,19-18-. The zero-order valence-corrected chi connectivity index (χ0v) is 21.8. The summed E-state index contributed by atoms with van der Waals surface area (Å²) in [6, 6.07) is 0. The van der Waals surface area contributed by atoms with Crippen LogP contribution in [0.3, 0.4) is 0 Å². The summed E-state index contributed by atoms with van der Waals surface area (Å²) in [5, 5.41) is 9.30. The van der Waals surface area contributed by atoms with Crippen molar-refractivity contribution in [1.29, 1.82) is 0 Å². The van der Waals surface area contributed by atoms with Crippen LogP contribution in [0.1, 0.15) is 97.3 Å². The number of carbonyl (C=O) groups is 1. The second-order valence-corrected chi connectivity index (χ2v) is 8.38. The maximum atomic E-state index is 11.6. The number of ether oxygens (including phenoxy) is 2. The number of aliphatic hydroxyl groups excluding tert-OH is 1. The van der Waals surface area contributed by atoms with Gasteiger partial charge in [-0.2, -0.15) is 0 Å². The minimum atomic E-state index is -0.542. The Morgan fingerprint density at radius 1 is 0.735 bits per heavy atom. The summed E-state index contributed by atoms with van der Waals surface area (Å²) < 4.78 is 10.8. The van der Waals surface area contributed by atoms with Crippen LogP contribution in [0.25, 0.3) is 0 Å². The number of esters is 1. The fraction of sp³-hybridized carbons (Fsp3) is 0.633. The van der Waals surface area contributed by atoms with Crippen LogP contribution in [0.4, 0.5) is 0 Å². The summed E-state index contributed by atoms with van der Waals surface area (Å²) in [6.07, 6.45) is 34.7. The highest BCUT2D eigenvalue weighted by atomic mass is 16.6. The average molecular weight is 475 g/mol. The number of hydrogen-bond acceptors (Lipinski definition) is 4. The SMILES string of the molecule is CC/C=C\C/C=C\C/C=C\C/C=C\C/C=C\CCCCCCOCC(CO)OC(=O)CCCC. The van der Waals surface area contributed by atoms with Crippen molar-refractivity contribution in [2.75, 3.05) is 19.8 Å². The number of allylic oxidation sites excluding steroid dienone is 10. The Morgan fingerprint density at radius 3 is 1.85 bits per heavy atom. The number of rotatable bonds is 23. The van der Waals surface area contributed by atoms with Gasteiger partial charge in [0.25, 0.3) is 0 Å². The molecule has 0 heterocycles. The Morgan fingerprint density at radius 2 is 1.29 bits per heavy atom. The van der Waals surface area contributed by atoms with Gasteiger partial charge in [0.15, 0.2) is 0 Å². The first-order chi connectivity index (χ1) is 16.7. The van der Waals surface area contributed by atoms with E-state index in [1.165, 1.54) is 12.8 Å². The Hall–Kier alpha value is -1.91. The van der Waals surface area contributed by atoms with Crippen molar-refractivity contribution in [3.8, 4) is 0 Å². The average Bonchev–Trinajstić information content (AvgIpc) is 2.85. The molecule has 1 atom stereocenters. The van der Waals surface area contributed by atoms with Gasteiger partial charge in [0.2, 0.25) is 0 Å². The lowest BCUT2D eigenvalue weighted by atomic mass is 10.1. The first-order valence-electron chi connectivity index (χ1n) is 13.4. The summed E-state index contributed by atoms with van der Waals surface area (Å²) >= 11 is 0. The second kappa shape index (κ2) is 27.3. The van der Waals surface area contributed by atoms with Gasteiger partial charge in [-0.1, -0.05) is 93.9 Å². The van der Waals surface area contributed by atoms with Crippen LogP contribution in [0.2, 0.25) is 0 Å². The Balaban J connectivity index is 3.51. The Labute approximate surface area is 209 Å². The molecule has 194 valence electrons. The van der Waals surface area contributed by atoms with Gasteiger partial charge in [-0.15, -0.1) is 0 Å². The third-order valence-corrected chi connectivity index (χ3v) is 5.11. The minimum Gasteiger partial charge on any atom is -0.457 e. The van der Waals surface area contributed by atoms with E-state index >= 15 is 0 Å². The normalized spacial score (nSPS) is 13.4. The number of carbonyl (C=O) groups excluding carboxylic acids is 1. The van der Waals surface area contributed by atoms with Gasteiger partial charge >= 0.3 is 5.97 Å². The van der Waals surface area contributed by atoms with Crippen LogP contribution in [-0.2, 0) is 14.3 Å². The van der Waals surface area contributed by atoms with Crippen molar-refractivity contribution in [3.05, 3.63) is 60.8 Å². The van der Waals surface area contributed by atoms with Crippen molar-refractivity contribution >= 4 is 5.97 Å². The topological polar surface area (TPSA) is 55.8 Å². The third kappa shape index (κ3) is 24.7. The molecule has 0 spiro atoms. The molecule has 1 unspecified atom stereocenters. The van der Waals surface area contributed by atoms with Crippen LogP contribution < -0.4 is 0 Å². The van der Waals surface area contributed by atoms with Crippen LogP contribution >= 0.6 is 0 Å². The molecular weight excluding hydrogens is 424 g/mol. The summed E-state index contributed by atoms with van der Waals surface area (Å²) in [4.78, 5) is 11.6. The number of hydrogen-bond donors (Lipinski definition) is 1. The Kier molecular flexibility index (Phi) is 25.8. The second-order valence-electron chi connectivity index (χ2n) is 8.38. The fourth-order valence-corrected chi connectivity index (χ4v) is 3.09. The van der Waals surface area contributed by atoms with E-state index in [9.17, 15) is 9.90 Å². The molecule has 0 saturated carbocycles. The zero-order chi connectivity index (χ0) is 25.0. The third-order valence-electron chi connectivity index (χ3n) is 5.11.